The van der Waals surface area contributed by atoms with Crippen LogP contribution in [-0.4, -0.2) is 28.5 Å². The third-order valence-electron chi connectivity index (χ3n) is 5.31. The van der Waals surface area contributed by atoms with Gasteiger partial charge in [0.2, 0.25) is 0 Å². The van der Waals surface area contributed by atoms with Gasteiger partial charge < -0.3 is 5.73 Å². The first-order valence-electron chi connectivity index (χ1n) is 8.49. The highest BCUT2D eigenvalue weighted by molar-refractivity contribution is 5.07. The average molecular weight is 289 g/mol. The van der Waals surface area contributed by atoms with Crippen molar-refractivity contribution in [2.75, 3.05) is 13.1 Å². The monoisotopic (exact) mass is 289 g/mol. The number of hydrogen-bond acceptors (Lipinski definition) is 3. The van der Waals surface area contributed by atoms with Gasteiger partial charge in [0.1, 0.15) is 0 Å². The maximum atomic E-state index is 6.33. The first-order valence-corrected chi connectivity index (χ1v) is 8.49. The summed E-state index contributed by atoms with van der Waals surface area (Å²) in [5, 5.41) is 0. The zero-order valence-corrected chi connectivity index (χ0v) is 13.9. The van der Waals surface area contributed by atoms with Crippen LogP contribution in [0.2, 0.25) is 0 Å². The Kier molecular flexibility index (Phi) is 5.77. The van der Waals surface area contributed by atoms with Crippen LogP contribution in [0, 0.1) is 11.8 Å². The van der Waals surface area contributed by atoms with Crippen molar-refractivity contribution in [1.82, 2.24) is 9.88 Å². The lowest BCUT2D eigenvalue weighted by Gasteiger charge is -2.52. The fraction of sp³-hybridized carbons (Fsp3) is 0.722. The number of pyridine rings is 1. The lowest BCUT2D eigenvalue weighted by Crippen LogP contribution is -2.60. The molecule has 1 aromatic heterocycles. The van der Waals surface area contributed by atoms with Crippen LogP contribution >= 0.6 is 0 Å². The largest absolute Gasteiger partial charge is 0.329 e. The fourth-order valence-electron chi connectivity index (χ4n) is 4.25. The van der Waals surface area contributed by atoms with E-state index in [9.17, 15) is 0 Å². The smallest absolute Gasteiger partial charge is 0.0544 e. The Balaban J connectivity index is 2.26. The van der Waals surface area contributed by atoms with Gasteiger partial charge in [-0.2, -0.15) is 0 Å². The molecule has 0 saturated heterocycles. The number of nitrogens with zero attached hydrogens (tertiary/aromatic N) is 2. The van der Waals surface area contributed by atoms with Gasteiger partial charge in [-0.15, -0.1) is 0 Å². The van der Waals surface area contributed by atoms with E-state index in [0.717, 1.165) is 25.3 Å². The second kappa shape index (κ2) is 7.37. The Hall–Kier alpha value is -0.930. The molecule has 2 atom stereocenters. The zero-order valence-electron chi connectivity index (χ0n) is 13.9. The van der Waals surface area contributed by atoms with Gasteiger partial charge in [0.25, 0.3) is 0 Å². The Morgan fingerprint density at radius 2 is 2.19 bits per heavy atom. The molecular formula is C18H31N3. The summed E-state index contributed by atoms with van der Waals surface area (Å²) in [6.45, 7) is 9.68. The molecule has 3 heteroatoms. The molecule has 2 unspecified atom stereocenters. The standard InChI is InChI=1S/C18H31N3/c1-4-21(13-16-9-6-8-12-20-16)18(14-19)11-7-5-10-17(18)15(2)3/h6,8-9,12,15,17H,4-5,7,10-11,13-14,19H2,1-3H3. The first-order chi connectivity index (χ1) is 10.1. The molecule has 3 nitrogen and oxygen atoms in total. The van der Waals surface area contributed by atoms with E-state index in [0.29, 0.717) is 11.8 Å². The van der Waals surface area contributed by atoms with Gasteiger partial charge in [0.05, 0.1) is 5.69 Å². The van der Waals surface area contributed by atoms with Crippen LogP contribution < -0.4 is 5.73 Å². The topological polar surface area (TPSA) is 42.2 Å². The second-order valence-electron chi connectivity index (χ2n) is 6.74. The molecule has 2 N–H and O–H groups in total. The predicted molar refractivity (Wildman–Crippen MR) is 88.9 cm³/mol. The lowest BCUT2D eigenvalue weighted by atomic mass is 9.66. The minimum atomic E-state index is 0.151. The number of nitrogens with two attached hydrogens (primary N) is 1. The van der Waals surface area contributed by atoms with Gasteiger partial charge in [-0.05, 0) is 43.4 Å². The maximum Gasteiger partial charge on any atom is 0.0544 e. The summed E-state index contributed by atoms with van der Waals surface area (Å²) < 4.78 is 0. The first kappa shape index (κ1) is 16.4. The summed E-state index contributed by atoms with van der Waals surface area (Å²) in [7, 11) is 0. The van der Waals surface area contributed by atoms with Crippen molar-refractivity contribution < 1.29 is 0 Å². The molecule has 0 aliphatic heterocycles. The van der Waals surface area contributed by atoms with Gasteiger partial charge in [-0.25, -0.2) is 0 Å². The minimum Gasteiger partial charge on any atom is -0.329 e. The van der Waals surface area contributed by atoms with Crippen molar-refractivity contribution in [3.05, 3.63) is 30.1 Å². The molecule has 1 aliphatic carbocycles. The van der Waals surface area contributed by atoms with E-state index in [4.69, 9.17) is 5.73 Å². The molecule has 1 fully saturated rings. The van der Waals surface area contributed by atoms with E-state index < -0.39 is 0 Å². The highest BCUT2D eigenvalue weighted by Crippen LogP contribution is 2.42. The molecule has 0 amide bonds. The molecule has 1 aromatic rings. The van der Waals surface area contributed by atoms with Gasteiger partial charge in [-0.1, -0.05) is 39.7 Å². The quantitative estimate of drug-likeness (QED) is 0.872. The second-order valence-corrected chi connectivity index (χ2v) is 6.74. The van der Waals surface area contributed by atoms with Crippen LogP contribution in [0.5, 0.6) is 0 Å². The number of rotatable bonds is 6. The van der Waals surface area contributed by atoms with Crippen LogP contribution in [0.1, 0.15) is 52.1 Å². The SMILES string of the molecule is CCN(Cc1ccccn1)C1(CN)CCCCC1C(C)C. The van der Waals surface area contributed by atoms with Crippen LogP contribution in [-0.2, 0) is 6.54 Å². The molecule has 0 bridgehead atoms. The van der Waals surface area contributed by atoms with Crippen LogP contribution in [0.4, 0.5) is 0 Å². The highest BCUT2D eigenvalue weighted by atomic mass is 15.2. The molecule has 0 aromatic carbocycles. The van der Waals surface area contributed by atoms with Crippen molar-refractivity contribution >= 4 is 0 Å². The Morgan fingerprint density at radius 3 is 2.76 bits per heavy atom. The maximum absolute atomic E-state index is 6.33. The van der Waals surface area contributed by atoms with E-state index >= 15 is 0 Å². The molecule has 1 saturated carbocycles. The Morgan fingerprint density at radius 1 is 1.38 bits per heavy atom. The Labute approximate surface area is 129 Å². The van der Waals surface area contributed by atoms with E-state index in [1.807, 2.05) is 12.3 Å². The van der Waals surface area contributed by atoms with E-state index in [1.54, 1.807) is 0 Å². The third kappa shape index (κ3) is 3.46. The van der Waals surface area contributed by atoms with Gasteiger partial charge in [0, 0.05) is 24.8 Å². The van der Waals surface area contributed by atoms with E-state index in [2.05, 4.69) is 42.8 Å². The fourth-order valence-corrected chi connectivity index (χ4v) is 4.25. The van der Waals surface area contributed by atoms with Crippen molar-refractivity contribution in [2.45, 2.75) is 58.5 Å². The third-order valence-corrected chi connectivity index (χ3v) is 5.31. The lowest BCUT2D eigenvalue weighted by molar-refractivity contribution is -0.0170. The molecule has 1 aliphatic rings. The molecule has 118 valence electrons. The van der Waals surface area contributed by atoms with Crippen LogP contribution in [0.3, 0.4) is 0 Å². The highest BCUT2D eigenvalue weighted by Gasteiger charge is 2.44. The van der Waals surface area contributed by atoms with Gasteiger partial charge in [-0.3, -0.25) is 9.88 Å². The predicted octanol–water partition coefficient (Wildman–Crippen LogP) is 3.45. The normalized spacial score (nSPS) is 26.5. The molecule has 1 heterocycles. The summed E-state index contributed by atoms with van der Waals surface area (Å²) >= 11 is 0. The van der Waals surface area contributed by atoms with Crippen molar-refractivity contribution in [2.24, 2.45) is 17.6 Å². The molecular weight excluding hydrogens is 258 g/mol. The van der Waals surface area contributed by atoms with Gasteiger partial charge >= 0.3 is 0 Å². The number of hydrogen-bond donors (Lipinski definition) is 1. The van der Waals surface area contributed by atoms with Crippen molar-refractivity contribution in [3.8, 4) is 0 Å². The summed E-state index contributed by atoms with van der Waals surface area (Å²) in [5.74, 6) is 1.38. The van der Waals surface area contributed by atoms with Crippen LogP contribution in [0.25, 0.3) is 0 Å². The number of likely N-dealkylation sites (N-methyl/N-ethyl adjacent to an activating group) is 1. The molecule has 21 heavy (non-hydrogen) atoms. The zero-order chi connectivity index (χ0) is 15.3. The van der Waals surface area contributed by atoms with Crippen molar-refractivity contribution in [1.29, 1.82) is 0 Å². The van der Waals surface area contributed by atoms with E-state index in [-0.39, 0.29) is 5.54 Å². The summed E-state index contributed by atoms with van der Waals surface area (Å²) in [6, 6.07) is 6.18. The Bertz CT molecular complexity index is 418. The summed E-state index contributed by atoms with van der Waals surface area (Å²) in [6.07, 6.45) is 7.09. The molecule has 0 radical (unpaired) electrons. The van der Waals surface area contributed by atoms with E-state index in [1.165, 1.54) is 25.7 Å². The number of aromatic nitrogens is 1. The molecule has 2 rings (SSSR count). The van der Waals surface area contributed by atoms with Crippen molar-refractivity contribution in [3.63, 3.8) is 0 Å². The van der Waals surface area contributed by atoms with Gasteiger partial charge in [0.15, 0.2) is 0 Å². The average Bonchev–Trinajstić information content (AvgIpc) is 2.53. The summed E-state index contributed by atoms with van der Waals surface area (Å²) in [5.41, 5.74) is 7.64. The summed E-state index contributed by atoms with van der Waals surface area (Å²) in [4.78, 5) is 7.11. The molecule has 0 spiro atoms. The minimum absolute atomic E-state index is 0.151. The van der Waals surface area contributed by atoms with Crippen LogP contribution in [0.15, 0.2) is 24.4 Å².